The number of amides is 2. The molecule has 0 radical (unpaired) electrons. The average Bonchev–Trinajstić information content (AvgIpc) is 2.77. The molecule has 0 aromatic heterocycles. The first-order chi connectivity index (χ1) is 15.3. The Morgan fingerprint density at radius 1 is 1.19 bits per heavy atom. The van der Waals surface area contributed by atoms with Crippen LogP contribution in [0.3, 0.4) is 0 Å². The lowest BCUT2D eigenvalue weighted by Crippen LogP contribution is -2.41. The first-order valence-electron chi connectivity index (χ1n) is 9.91. The van der Waals surface area contributed by atoms with E-state index >= 15 is 0 Å². The van der Waals surface area contributed by atoms with E-state index in [4.69, 9.17) is 0 Å². The highest BCUT2D eigenvalue weighted by Crippen LogP contribution is 2.23. The molecule has 9 heteroatoms. The Morgan fingerprint density at radius 2 is 1.88 bits per heavy atom. The van der Waals surface area contributed by atoms with Crippen molar-refractivity contribution in [1.29, 1.82) is 0 Å². The molecule has 1 saturated heterocycles. The minimum Gasteiger partial charge on any atom is -0.378 e. The zero-order valence-electron chi connectivity index (χ0n) is 18.0. The summed E-state index contributed by atoms with van der Waals surface area (Å²) < 4.78 is 0.921. The number of amidine groups is 1. The summed E-state index contributed by atoms with van der Waals surface area (Å²) in [5, 5.41) is 13.5. The molecule has 2 aromatic carbocycles. The molecule has 1 aliphatic heterocycles. The van der Waals surface area contributed by atoms with Crippen LogP contribution in [0.1, 0.15) is 18.9 Å². The quantitative estimate of drug-likeness (QED) is 0.439. The zero-order chi connectivity index (χ0) is 23.1. The molecule has 1 atom stereocenters. The molecule has 1 aliphatic rings. The number of nitrogens with one attached hydrogen (secondary N) is 2. The van der Waals surface area contributed by atoms with Crippen LogP contribution in [-0.2, 0) is 9.59 Å². The van der Waals surface area contributed by atoms with Crippen molar-refractivity contribution in [2.45, 2.75) is 18.6 Å². The lowest BCUT2D eigenvalue weighted by Gasteiger charge is -2.21. The zero-order valence-corrected chi connectivity index (χ0v) is 20.4. The molecule has 1 unspecified atom stereocenters. The van der Waals surface area contributed by atoms with Crippen LogP contribution in [0.5, 0.6) is 0 Å². The van der Waals surface area contributed by atoms with Gasteiger partial charge in [-0.25, -0.2) is 0 Å². The van der Waals surface area contributed by atoms with E-state index in [0.717, 1.165) is 15.7 Å². The van der Waals surface area contributed by atoms with E-state index in [1.165, 1.54) is 11.8 Å². The van der Waals surface area contributed by atoms with Gasteiger partial charge in [-0.1, -0.05) is 45.9 Å². The molecular weight excluding hydrogens is 490 g/mol. The van der Waals surface area contributed by atoms with Gasteiger partial charge in [0.15, 0.2) is 5.17 Å². The number of benzene rings is 2. The van der Waals surface area contributed by atoms with Gasteiger partial charge in [-0.3, -0.25) is 9.59 Å². The number of carbonyl (C=O) groups excluding carboxylic acids is 2. The molecule has 1 heterocycles. The van der Waals surface area contributed by atoms with Gasteiger partial charge in [0.05, 0.1) is 5.71 Å². The predicted octanol–water partition coefficient (Wildman–Crippen LogP) is 4.52. The van der Waals surface area contributed by atoms with E-state index < -0.39 is 5.25 Å². The maximum atomic E-state index is 12.6. The number of hydrogen-bond acceptors (Lipinski definition) is 6. The van der Waals surface area contributed by atoms with Gasteiger partial charge in [0.1, 0.15) is 5.25 Å². The average molecular weight is 514 g/mol. The Morgan fingerprint density at radius 3 is 2.53 bits per heavy atom. The summed E-state index contributed by atoms with van der Waals surface area (Å²) in [7, 11) is 4.00. The van der Waals surface area contributed by atoms with E-state index in [2.05, 4.69) is 36.8 Å². The molecule has 0 spiro atoms. The van der Waals surface area contributed by atoms with Crippen molar-refractivity contribution in [3.8, 4) is 0 Å². The molecule has 2 N–H and O–H groups in total. The minimum atomic E-state index is -0.576. The van der Waals surface area contributed by atoms with Crippen LogP contribution in [0.15, 0.2) is 69.3 Å². The Kier molecular flexibility index (Phi) is 8.24. The molecule has 1 fully saturated rings. The van der Waals surface area contributed by atoms with Crippen LogP contribution >= 0.6 is 27.7 Å². The summed E-state index contributed by atoms with van der Waals surface area (Å²) in [5.74, 6) is -0.510. The van der Waals surface area contributed by atoms with Gasteiger partial charge in [0, 0.05) is 36.4 Å². The number of hydrogen-bond donors (Lipinski definition) is 2. The number of anilines is 2. The Hall–Kier alpha value is -2.91. The summed E-state index contributed by atoms with van der Waals surface area (Å²) in [4.78, 5) is 26.7. The van der Waals surface area contributed by atoms with Crippen LogP contribution in [-0.4, -0.2) is 42.0 Å². The number of nitrogens with zero attached hydrogens (tertiary/aromatic N) is 3. The van der Waals surface area contributed by atoms with Crippen molar-refractivity contribution in [1.82, 2.24) is 5.32 Å². The summed E-state index contributed by atoms with van der Waals surface area (Å²) in [6.07, 6.45) is 3.87. The molecule has 32 heavy (non-hydrogen) atoms. The minimum absolute atomic E-state index is 0.0809. The van der Waals surface area contributed by atoms with Crippen LogP contribution in [0, 0.1) is 0 Å². The lowest BCUT2D eigenvalue weighted by molar-refractivity contribution is -0.123. The fourth-order valence-electron chi connectivity index (χ4n) is 2.75. The van der Waals surface area contributed by atoms with E-state index in [1.807, 2.05) is 74.5 Å². The van der Waals surface area contributed by atoms with Gasteiger partial charge >= 0.3 is 0 Å². The Balaban J connectivity index is 1.62. The van der Waals surface area contributed by atoms with E-state index in [-0.39, 0.29) is 18.2 Å². The van der Waals surface area contributed by atoms with Crippen molar-refractivity contribution < 1.29 is 9.59 Å². The molecular formula is C23H24BrN5O2S. The highest BCUT2D eigenvalue weighted by molar-refractivity contribution is 9.10. The molecule has 2 aromatic rings. The van der Waals surface area contributed by atoms with Crippen LogP contribution in [0.25, 0.3) is 6.08 Å². The maximum Gasteiger partial charge on any atom is 0.238 e. The topological polar surface area (TPSA) is 86.2 Å². The van der Waals surface area contributed by atoms with E-state index in [1.54, 1.807) is 12.1 Å². The summed E-state index contributed by atoms with van der Waals surface area (Å²) in [6.45, 7) is 1.82. The fraction of sp³-hybridized carbons (Fsp3) is 0.217. The summed E-state index contributed by atoms with van der Waals surface area (Å²) in [6, 6.07) is 15.4. The van der Waals surface area contributed by atoms with E-state index in [0.29, 0.717) is 16.6 Å². The number of rotatable bonds is 6. The normalized spacial score (nSPS) is 18.0. The van der Waals surface area contributed by atoms with E-state index in [9.17, 15) is 9.59 Å². The molecule has 0 aliphatic carbocycles. The molecule has 0 saturated carbocycles. The van der Waals surface area contributed by atoms with Crippen molar-refractivity contribution in [3.05, 3.63) is 64.6 Å². The second-order valence-corrected chi connectivity index (χ2v) is 9.43. The predicted molar refractivity (Wildman–Crippen MR) is 137 cm³/mol. The Bertz CT molecular complexity index is 1060. The molecule has 166 valence electrons. The van der Waals surface area contributed by atoms with Gasteiger partial charge in [-0.05, 0) is 55.0 Å². The molecule has 0 bridgehead atoms. The highest BCUT2D eigenvalue weighted by Gasteiger charge is 2.30. The number of thioether (sulfide) groups is 1. The smallest absolute Gasteiger partial charge is 0.238 e. The van der Waals surface area contributed by atoms with Gasteiger partial charge in [0.25, 0.3) is 0 Å². The number of allylic oxidation sites excluding steroid dienone is 1. The first kappa shape index (κ1) is 23.7. The Labute approximate surface area is 200 Å². The highest BCUT2D eigenvalue weighted by atomic mass is 79.9. The molecule has 7 nitrogen and oxygen atoms in total. The standard InChI is InChI=1S/C23H24BrN5O2S/c1-15(4-5-16-6-12-19(13-7-16)29(2)3)27-28-23-26-21(30)14-20(32-23)22(31)25-18-10-8-17(24)9-11-18/h4-13,20H,14H2,1-3H3,(H,25,31)(H,26,28,30). The van der Waals surface area contributed by atoms with Crippen molar-refractivity contribution in [2.24, 2.45) is 10.2 Å². The van der Waals surface area contributed by atoms with Gasteiger partial charge in [0.2, 0.25) is 11.8 Å². The number of carbonyl (C=O) groups is 2. The molecule has 3 rings (SSSR count). The summed E-state index contributed by atoms with van der Waals surface area (Å²) in [5.41, 5.74) is 3.51. The van der Waals surface area contributed by atoms with Crippen LogP contribution in [0.2, 0.25) is 0 Å². The second kappa shape index (κ2) is 11.1. The third kappa shape index (κ3) is 7.06. The monoisotopic (exact) mass is 513 g/mol. The van der Waals surface area contributed by atoms with Crippen LogP contribution in [0.4, 0.5) is 11.4 Å². The SMILES string of the molecule is CC(C=Cc1ccc(N(C)C)cc1)=NN=C1NC(=O)CC(C(=O)Nc2ccc(Br)cc2)S1. The van der Waals surface area contributed by atoms with Crippen molar-refractivity contribution in [3.63, 3.8) is 0 Å². The van der Waals surface area contributed by atoms with Gasteiger partial charge in [-0.2, -0.15) is 5.10 Å². The largest absolute Gasteiger partial charge is 0.378 e. The molecule has 2 amide bonds. The van der Waals surface area contributed by atoms with Gasteiger partial charge < -0.3 is 15.5 Å². The van der Waals surface area contributed by atoms with Crippen LogP contribution < -0.4 is 15.5 Å². The van der Waals surface area contributed by atoms with Crippen molar-refractivity contribution in [2.75, 3.05) is 24.3 Å². The first-order valence-corrected chi connectivity index (χ1v) is 11.6. The lowest BCUT2D eigenvalue weighted by atomic mass is 10.2. The third-order valence-corrected chi connectivity index (χ3v) is 6.10. The maximum absolute atomic E-state index is 12.6. The fourth-order valence-corrected chi connectivity index (χ4v) is 3.95. The van der Waals surface area contributed by atoms with Crippen molar-refractivity contribution >= 4 is 67.8 Å². The van der Waals surface area contributed by atoms with Gasteiger partial charge in [-0.15, -0.1) is 5.10 Å². The number of halogens is 1. The second-order valence-electron chi connectivity index (χ2n) is 7.32. The summed E-state index contributed by atoms with van der Waals surface area (Å²) >= 11 is 4.55. The third-order valence-electron chi connectivity index (χ3n) is 4.50.